The van der Waals surface area contributed by atoms with E-state index in [2.05, 4.69) is 31.0 Å². The van der Waals surface area contributed by atoms with Crippen LogP contribution in [0.3, 0.4) is 0 Å². The van der Waals surface area contributed by atoms with Gasteiger partial charge in [-0.2, -0.15) is 0 Å². The van der Waals surface area contributed by atoms with Crippen molar-refractivity contribution >= 4 is 5.82 Å². The third kappa shape index (κ3) is 2.25. The molecule has 0 saturated carbocycles. The summed E-state index contributed by atoms with van der Waals surface area (Å²) in [6.07, 6.45) is 0.719. The second-order valence-electron chi connectivity index (χ2n) is 4.49. The van der Waals surface area contributed by atoms with Crippen molar-refractivity contribution in [2.45, 2.75) is 26.2 Å². The number of benzene rings is 1. The number of nitrogen functional groups attached to an aromatic ring is 2. The highest BCUT2D eigenvalue weighted by atomic mass is 15.4. The van der Waals surface area contributed by atoms with Gasteiger partial charge in [0.25, 0.3) is 0 Å². The van der Waals surface area contributed by atoms with Gasteiger partial charge in [-0.3, -0.25) is 0 Å². The van der Waals surface area contributed by atoms with Crippen LogP contribution in [0.4, 0.5) is 5.82 Å². The second kappa shape index (κ2) is 4.49. The van der Waals surface area contributed by atoms with E-state index in [1.54, 1.807) is 0 Å². The summed E-state index contributed by atoms with van der Waals surface area (Å²) in [6, 6.07) is 10.1. The number of anilines is 1. The maximum atomic E-state index is 5.96. The smallest absolute Gasteiger partial charge is 0.146 e. The monoisotopic (exact) mass is 230 g/mol. The molecule has 90 valence electrons. The quantitative estimate of drug-likeness (QED) is 0.791. The van der Waals surface area contributed by atoms with Crippen LogP contribution >= 0.6 is 0 Å². The first-order chi connectivity index (χ1) is 8.09. The van der Waals surface area contributed by atoms with Crippen molar-refractivity contribution in [1.82, 2.24) is 9.66 Å². The Balaban J connectivity index is 2.31. The van der Waals surface area contributed by atoms with Crippen molar-refractivity contribution in [1.29, 1.82) is 0 Å². The number of aromatic nitrogens is 2. The summed E-state index contributed by atoms with van der Waals surface area (Å²) in [5.41, 5.74) is 8.00. The maximum Gasteiger partial charge on any atom is 0.146 e. The van der Waals surface area contributed by atoms with Gasteiger partial charge in [0, 0.05) is 12.3 Å². The Bertz CT molecular complexity index is 500. The molecule has 0 saturated heterocycles. The minimum absolute atomic E-state index is 0.270. The predicted octanol–water partition coefficient (Wildman–Crippen LogP) is 1.89. The fourth-order valence-electron chi connectivity index (χ4n) is 1.84. The van der Waals surface area contributed by atoms with E-state index in [-0.39, 0.29) is 5.92 Å². The molecule has 0 amide bonds. The molecular formula is C13H18N4. The molecule has 4 nitrogen and oxygen atoms in total. The molecule has 2 aromatic rings. The highest BCUT2D eigenvalue weighted by molar-refractivity contribution is 5.41. The third-order valence-corrected chi connectivity index (χ3v) is 2.78. The van der Waals surface area contributed by atoms with Gasteiger partial charge in [-0.15, -0.1) is 0 Å². The molecule has 17 heavy (non-hydrogen) atoms. The van der Waals surface area contributed by atoms with Crippen molar-refractivity contribution in [3.05, 3.63) is 47.4 Å². The molecule has 0 radical (unpaired) electrons. The summed E-state index contributed by atoms with van der Waals surface area (Å²) < 4.78 is 1.49. The van der Waals surface area contributed by atoms with Crippen LogP contribution in [0.25, 0.3) is 0 Å². The summed E-state index contributed by atoms with van der Waals surface area (Å²) in [4.78, 5) is 4.52. The van der Waals surface area contributed by atoms with E-state index >= 15 is 0 Å². The Hall–Kier alpha value is -1.97. The van der Waals surface area contributed by atoms with Crippen LogP contribution in [0.2, 0.25) is 0 Å². The summed E-state index contributed by atoms with van der Waals surface area (Å²) in [6.45, 7) is 4.11. The van der Waals surface area contributed by atoms with Crippen molar-refractivity contribution in [3.63, 3.8) is 0 Å². The van der Waals surface area contributed by atoms with Crippen molar-refractivity contribution in [2.75, 3.05) is 11.6 Å². The molecule has 1 aromatic heterocycles. The first-order valence-corrected chi connectivity index (χ1v) is 5.75. The Morgan fingerprint density at radius 2 is 1.88 bits per heavy atom. The molecule has 0 atom stereocenters. The zero-order chi connectivity index (χ0) is 12.4. The first-order valence-electron chi connectivity index (χ1n) is 5.75. The minimum Gasteiger partial charge on any atom is -0.382 e. The van der Waals surface area contributed by atoms with Gasteiger partial charge < -0.3 is 11.6 Å². The number of imidazole rings is 1. The van der Waals surface area contributed by atoms with E-state index in [1.165, 1.54) is 10.2 Å². The third-order valence-electron chi connectivity index (χ3n) is 2.78. The molecule has 0 bridgehead atoms. The highest BCUT2D eigenvalue weighted by Gasteiger charge is 2.15. The van der Waals surface area contributed by atoms with Crippen LogP contribution < -0.4 is 11.6 Å². The molecule has 0 unspecified atom stereocenters. The fourth-order valence-corrected chi connectivity index (χ4v) is 1.84. The van der Waals surface area contributed by atoms with E-state index in [0.717, 1.165) is 17.9 Å². The van der Waals surface area contributed by atoms with Crippen LogP contribution in [0.15, 0.2) is 30.3 Å². The fraction of sp³-hybridized carbons (Fsp3) is 0.308. The molecule has 4 N–H and O–H groups in total. The molecule has 1 aromatic carbocycles. The Kier molecular flexibility index (Phi) is 3.04. The van der Waals surface area contributed by atoms with E-state index in [4.69, 9.17) is 11.6 Å². The van der Waals surface area contributed by atoms with E-state index in [9.17, 15) is 0 Å². The van der Waals surface area contributed by atoms with E-state index < -0.39 is 0 Å². The molecule has 0 aliphatic carbocycles. The largest absolute Gasteiger partial charge is 0.382 e. The van der Waals surface area contributed by atoms with Crippen LogP contribution in [0.1, 0.15) is 36.8 Å². The first kappa shape index (κ1) is 11.5. The van der Waals surface area contributed by atoms with Crippen LogP contribution in [0, 0.1) is 0 Å². The Labute approximate surface area is 101 Å². The topological polar surface area (TPSA) is 69.9 Å². The summed E-state index contributed by atoms with van der Waals surface area (Å²) in [5.74, 6) is 7.54. The molecule has 4 heteroatoms. The van der Waals surface area contributed by atoms with Gasteiger partial charge in [0.2, 0.25) is 0 Å². The number of rotatable bonds is 3. The number of hydrogen-bond donors (Lipinski definition) is 2. The predicted molar refractivity (Wildman–Crippen MR) is 70.1 cm³/mol. The number of nitrogens with two attached hydrogens (primary N) is 2. The van der Waals surface area contributed by atoms with E-state index in [1.807, 2.05) is 18.2 Å². The van der Waals surface area contributed by atoms with Crippen LogP contribution in [0.5, 0.6) is 0 Å². The molecule has 0 fully saturated rings. The lowest BCUT2D eigenvalue weighted by molar-refractivity contribution is 0.737. The molecule has 0 spiro atoms. The van der Waals surface area contributed by atoms with Gasteiger partial charge in [0.1, 0.15) is 11.6 Å². The minimum atomic E-state index is 0.270. The average Bonchev–Trinajstić information content (AvgIpc) is 2.59. The Morgan fingerprint density at radius 1 is 1.24 bits per heavy atom. The lowest BCUT2D eigenvalue weighted by Gasteiger charge is -2.04. The standard InChI is InChI=1S/C13H18N4/c1-9(2)13-16-11(12(14)17(13)15)8-10-6-4-3-5-7-10/h3-7,9H,8,14-15H2,1-2H3. The zero-order valence-corrected chi connectivity index (χ0v) is 10.2. The lowest BCUT2D eigenvalue weighted by atomic mass is 10.1. The lowest BCUT2D eigenvalue weighted by Crippen LogP contribution is -2.16. The molecule has 2 rings (SSSR count). The highest BCUT2D eigenvalue weighted by Crippen LogP contribution is 2.20. The van der Waals surface area contributed by atoms with Crippen molar-refractivity contribution < 1.29 is 0 Å². The maximum absolute atomic E-state index is 5.96. The SMILES string of the molecule is CC(C)c1nc(Cc2ccccc2)c(N)n1N. The average molecular weight is 230 g/mol. The summed E-state index contributed by atoms with van der Waals surface area (Å²) in [7, 11) is 0. The van der Waals surface area contributed by atoms with Crippen LogP contribution in [-0.4, -0.2) is 9.66 Å². The van der Waals surface area contributed by atoms with Gasteiger partial charge in [0.05, 0.1) is 5.69 Å². The molecular weight excluding hydrogens is 212 g/mol. The normalized spacial score (nSPS) is 11.0. The van der Waals surface area contributed by atoms with Crippen molar-refractivity contribution in [3.8, 4) is 0 Å². The van der Waals surface area contributed by atoms with Gasteiger partial charge in [0.15, 0.2) is 0 Å². The van der Waals surface area contributed by atoms with Crippen LogP contribution in [-0.2, 0) is 6.42 Å². The second-order valence-corrected chi connectivity index (χ2v) is 4.49. The van der Waals surface area contributed by atoms with E-state index in [0.29, 0.717) is 5.82 Å². The summed E-state index contributed by atoms with van der Waals surface area (Å²) >= 11 is 0. The molecule has 0 aliphatic heterocycles. The molecule has 0 aliphatic rings. The zero-order valence-electron chi connectivity index (χ0n) is 10.2. The van der Waals surface area contributed by atoms with Gasteiger partial charge in [-0.05, 0) is 5.56 Å². The summed E-state index contributed by atoms with van der Waals surface area (Å²) in [5, 5.41) is 0. The Morgan fingerprint density at radius 3 is 2.41 bits per heavy atom. The van der Waals surface area contributed by atoms with Gasteiger partial charge in [-0.25, -0.2) is 9.66 Å². The number of nitrogens with zero attached hydrogens (tertiary/aromatic N) is 2. The van der Waals surface area contributed by atoms with Crippen molar-refractivity contribution in [2.24, 2.45) is 0 Å². The van der Waals surface area contributed by atoms with Gasteiger partial charge in [-0.1, -0.05) is 44.2 Å². The van der Waals surface area contributed by atoms with Gasteiger partial charge >= 0.3 is 0 Å². The number of hydrogen-bond acceptors (Lipinski definition) is 3. The molecule has 1 heterocycles.